The van der Waals surface area contributed by atoms with E-state index in [0.29, 0.717) is 0 Å². The molecule has 0 saturated heterocycles. The second-order valence-corrected chi connectivity index (χ2v) is 4.40. The Hall–Kier alpha value is -1.68. The maximum absolute atomic E-state index is 4.69. The molecule has 96 valence electrons. The average molecular weight is 244 g/mol. The third kappa shape index (κ3) is 2.76. The molecule has 1 aromatic carbocycles. The first-order chi connectivity index (χ1) is 8.72. The lowest BCUT2D eigenvalue weighted by atomic mass is 10.3. The SMILES string of the molecule is CCNCCN(C)c1nc2ccccc2nc1C. The highest BCUT2D eigenvalue weighted by molar-refractivity contribution is 5.76. The van der Waals surface area contributed by atoms with E-state index >= 15 is 0 Å². The molecule has 0 aliphatic heterocycles. The molecule has 1 aromatic heterocycles. The molecule has 0 unspecified atom stereocenters. The number of aromatic nitrogens is 2. The standard InChI is InChI=1S/C14H20N4/c1-4-15-9-10-18(3)14-11(2)16-12-7-5-6-8-13(12)17-14/h5-8,15H,4,9-10H2,1-3H3. The second-order valence-electron chi connectivity index (χ2n) is 4.40. The van der Waals surface area contributed by atoms with Gasteiger partial charge >= 0.3 is 0 Å². The van der Waals surface area contributed by atoms with Crippen molar-refractivity contribution in [3.05, 3.63) is 30.0 Å². The van der Waals surface area contributed by atoms with Gasteiger partial charge in [-0.05, 0) is 25.6 Å². The molecule has 2 rings (SSSR count). The van der Waals surface area contributed by atoms with Crippen LogP contribution in [0.5, 0.6) is 0 Å². The zero-order valence-corrected chi connectivity index (χ0v) is 11.3. The van der Waals surface area contributed by atoms with Crippen LogP contribution < -0.4 is 10.2 Å². The van der Waals surface area contributed by atoms with Gasteiger partial charge in [0.25, 0.3) is 0 Å². The van der Waals surface area contributed by atoms with Gasteiger partial charge in [0.1, 0.15) is 0 Å². The summed E-state index contributed by atoms with van der Waals surface area (Å²) in [5, 5.41) is 3.32. The van der Waals surface area contributed by atoms with E-state index in [9.17, 15) is 0 Å². The van der Waals surface area contributed by atoms with Crippen LogP contribution in [-0.4, -0.2) is 36.6 Å². The van der Waals surface area contributed by atoms with E-state index in [4.69, 9.17) is 0 Å². The highest BCUT2D eigenvalue weighted by Crippen LogP contribution is 2.18. The van der Waals surface area contributed by atoms with Crippen LogP contribution in [0.2, 0.25) is 0 Å². The predicted molar refractivity (Wildman–Crippen MR) is 76.1 cm³/mol. The van der Waals surface area contributed by atoms with Crippen LogP contribution in [0.15, 0.2) is 24.3 Å². The van der Waals surface area contributed by atoms with Gasteiger partial charge in [0, 0.05) is 20.1 Å². The number of anilines is 1. The molecule has 4 nitrogen and oxygen atoms in total. The van der Waals surface area contributed by atoms with Crippen molar-refractivity contribution in [2.75, 3.05) is 31.6 Å². The fourth-order valence-corrected chi connectivity index (χ4v) is 1.97. The molecule has 0 bridgehead atoms. The van der Waals surface area contributed by atoms with Crippen molar-refractivity contribution in [3.63, 3.8) is 0 Å². The van der Waals surface area contributed by atoms with E-state index < -0.39 is 0 Å². The van der Waals surface area contributed by atoms with Crippen LogP contribution in [0.3, 0.4) is 0 Å². The highest BCUT2D eigenvalue weighted by atomic mass is 15.2. The van der Waals surface area contributed by atoms with Gasteiger partial charge in [-0.1, -0.05) is 19.1 Å². The van der Waals surface area contributed by atoms with Gasteiger partial charge in [-0.15, -0.1) is 0 Å². The molecule has 0 saturated carbocycles. The lowest BCUT2D eigenvalue weighted by Gasteiger charge is -2.20. The molecule has 0 aliphatic carbocycles. The molecule has 2 aromatic rings. The number of hydrogen-bond donors (Lipinski definition) is 1. The largest absolute Gasteiger partial charge is 0.357 e. The first-order valence-electron chi connectivity index (χ1n) is 6.37. The molecular formula is C14H20N4. The molecule has 0 spiro atoms. The molecule has 18 heavy (non-hydrogen) atoms. The first kappa shape index (κ1) is 12.8. The Labute approximate surface area is 108 Å². The van der Waals surface area contributed by atoms with Crippen LogP contribution in [0.25, 0.3) is 11.0 Å². The Bertz CT molecular complexity index is 524. The van der Waals surface area contributed by atoms with Crippen LogP contribution >= 0.6 is 0 Å². The van der Waals surface area contributed by atoms with E-state index in [-0.39, 0.29) is 0 Å². The molecule has 1 heterocycles. The summed E-state index contributed by atoms with van der Waals surface area (Å²) in [6, 6.07) is 7.99. The van der Waals surface area contributed by atoms with Crippen molar-refractivity contribution < 1.29 is 0 Å². The summed E-state index contributed by atoms with van der Waals surface area (Å²) < 4.78 is 0. The molecule has 0 fully saturated rings. The van der Waals surface area contributed by atoms with Crippen LogP contribution in [-0.2, 0) is 0 Å². The Morgan fingerprint density at radius 2 is 1.83 bits per heavy atom. The molecule has 4 heteroatoms. The van der Waals surface area contributed by atoms with Crippen molar-refractivity contribution in [3.8, 4) is 0 Å². The number of rotatable bonds is 5. The van der Waals surface area contributed by atoms with Gasteiger partial charge in [-0.25, -0.2) is 9.97 Å². The number of likely N-dealkylation sites (N-methyl/N-ethyl adjacent to an activating group) is 2. The Balaban J connectivity index is 2.24. The van der Waals surface area contributed by atoms with Gasteiger partial charge in [-0.3, -0.25) is 0 Å². The third-order valence-corrected chi connectivity index (χ3v) is 2.96. The second kappa shape index (κ2) is 5.78. The van der Waals surface area contributed by atoms with Crippen LogP contribution in [0.1, 0.15) is 12.6 Å². The maximum Gasteiger partial charge on any atom is 0.150 e. The van der Waals surface area contributed by atoms with E-state index in [2.05, 4.69) is 34.2 Å². The molecule has 1 N–H and O–H groups in total. The summed E-state index contributed by atoms with van der Waals surface area (Å²) in [6.07, 6.45) is 0. The molecule has 0 atom stereocenters. The lowest BCUT2D eigenvalue weighted by molar-refractivity contribution is 0.701. The maximum atomic E-state index is 4.69. The lowest BCUT2D eigenvalue weighted by Crippen LogP contribution is -2.30. The minimum Gasteiger partial charge on any atom is -0.357 e. The first-order valence-corrected chi connectivity index (χ1v) is 6.37. The van der Waals surface area contributed by atoms with Gasteiger partial charge in [0.2, 0.25) is 0 Å². The van der Waals surface area contributed by atoms with Crippen molar-refractivity contribution in [2.24, 2.45) is 0 Å². The van der Waals surface area contributed by atoms with Crippen molar-refractivity contribution in [2.45, 2.75) is 13.8 Å². The fraction of sp³-hybridized carbons (Fsp3) is 0.429. The molecule has 0 amide bonds. The van der Waals surface area contributed by atoms with Gasteiger partial charge < -0.3 is 10.2 Å². The number of para-hydroxylation sites is 2. The quantitative estimate of drug-likeness (QED) is 0.817. The van der Waals surface area contributed by atoms with E-state index in [1.165, 1.54) is 0 Å². The number of benzene rings is 1. The normalized spacial score (nSPS) is 10.8. The minimum absolute atomic E-state index is 0.932. The fourth-order valence-electron chi connectivity index (χ4n) is 1.97. The van der Waals surface area contributed by atoms with E-state index in [0.717, 1.165) is 42.2 Å². The molecule has 0 aliphatic rings. The van der Waals surface area contributed by atoms with Crippen molar-refractivity contribution in [1.82, 2.24) is 15.3 Å². The van der Waals surface area contributed by atoms with E-state index in [1.807, 2.05) is 31.2 Å². The number of aryl methyl sites for hydroxylation is 1. The third-order valence-electron chi connectivity index (χ3n) is 2.96. The zero-order valence-electron chi connectivity index (χ0n) is 11.3. The number of hydrogen-bond acceptors (Lipinski definition) is 4. The number of nitrogens with one attached hydrogen (secondary N) is 1. The summed E-state index contributed by atoms with van der Waals surface area (Å²) >= 11 is 0. The summed E-state index contributed by atoms with van der Waals surface area (Å²) in [4.78, 5) is 11.4. The monoisotopic (exact) mass is 244 g/mol. The average Bonchev–Trinajstić information content (AvgIpc) is 2.38. The Morgan fingerprint density at radius 3 is 2.50 bits per heavy atom. The Kier molecular flexibility index (Phi) is 4.10. The summed E-state index contributed by atoms with van der Waals surface area (Å²) in [5.74, 6) is 0.964. The van der Waals surface area contributed by atoms with Crippen molar-refractivity contribution in [1.29, 1.82) is 0 Å². The minimum atomic E-state index is 0.932. The number of nitrogens with zero attached hydrogens (tertiary/aromatic N) is 3. The van der Waals surface area contributed by atoms with Crippen molar-refractivity contribution >= 4 is 16.9 Å². The summed E-state index contributed by atoms with van der Waals surface area (Å²) in [6.45, 7) is 7.01. The van der Waals surface area contributed by atoms with Crippen LogP contribution in [0, 0.1) is 6.92 Å². The zero-order chi connectivity index (χ0) is 13.0. The number of fused-ring (bicyclic) bond motifs is 1. The summed E-state index contributed by atoms with van der Waals surface area (Å²) in [7, 11) is 2.06. The van der Waals surface area contributed by atoms with Gasteiger partial charge in [-0.2, -0.15) is 0 Å². The topological polar surface area (TPSA) is 41.0 Å². The summed E-state index contributed by atoms with van der Waals surface area (Å²) in [5.41, 5.74) is 2.89. The highest BCUT2D eigenvalue weighted by Gasteiger charge is 2.08. The molecular weight excluding hydrogens is 224 g/mol. The Morgan fingerprint density at radius 1 is 1.17 bits per heavy atom. The molecule has 0 radical (unpaired) electrons. The van der Waals surface area contributed by atoms with Gasteiger partial charge in [0.05, 0.1) is 16.7 Å². The van der Waals surface area contributed by atoms with Gasteiger partial charge in [0.15, 0.2) is 5.82 Å². The smallest absolute Gasteiger partial charge is 0.150 e. The van der Waals surface area contributed by atoms with E-state index in [1.54, 1.807) is 0 Å². The predicted octanol–water partition coefficient (Wildman–Crippen LogP) is 1.98. The van der Waals surface area contributed by atoms with Crippen LogP contribution in [0.4, 0.5) is 5.82 Å².